The average Bonchev–Trinajstić information content (AvgIpc) is 2.45. The number of hydrogen-bond acceptors (Lipinski definition) is 5. The van der Waals surface area contributed by atoms with Crippen LogP contribution in [0.15, 0.2) is 24.3 Å². The smallest absolute Gasteiger partial charge is 0.332 e. The van der Waals surface area contributed by atoms with Gasteiger partial charge in [0.25, 0.3) is 0 Å². The van der Waals surface area contributed by atoms with E-state index < -0.39 is 17.9 Å². The molecule has 21 heavy (non-hydrogen) atoms. The Balaban J connectivity index is 2.49. The van der Waals surface area contributed by atoms with Gasteiger partial charge in [-0.3, -0.25) is 9.59 Å². The molecule has 1 rings (SSSR count). The number of esters is 1. The van der Waals surface area contributed by atoms with E-state index in [2.05, 4.69) is 15.4 Å². The molecular weight excluding hydrogens is 274 g/mol. The van der Waals surface area contributed by atoms with E-state index in [0.29, 0.717) is 5.69 Å². The van der Waals surface area contributed by atoms with Crippen LogP contribution in [0.25, 0.3) is 0 Å². The number of nitrogens with two attached hydrogens (primary N) is 1. The van der Waals surface area contributed by atoms with Gasteiger partial charge in [0.05, 0.1) is 6.61 Å². The first kappa shape index (κ1) is 16.6. The topological polar surface area (TPSA) is 111 Å². The number of rotatable bonds is 6. The van der Waals surface area contributed by atoms with Crippen LogP contribution >= 0.6 is 0 Å². The fourth-order valence-corrected chi connectivity index (χ4v) is 1.55. The van der Waals surface area contributed by atoms with Gasteiger partial charge in [-0.25, -0.2) is 4.79 Å². The van der Waals surface area contributed by atoms with Crippen LogP contribution in [0.2, 0.25) is 0 Å². The Morgan fingerprint density at radius 2 is 1.86 bits per heavy atom. The molecule has 0 aliphatic rings. The second-order valence-corrected chi connectivity index (χ2v) is 4.33. The fourth-order valence-electron chi connectivity index (χ4n) is 1.55. The number of carbonyl (C=O) groups is 3. The second kappa shape index (κ2) is 8.01. The van der Waals surface area contributed by atoms with Gasteiger partial charge in [0.1, 0.15) is 0 Å². The van der Waals surface area contributed by atoms with Crippen molar-refractivity contribution >= 4 is 23.5 Å². The first-order valence-electron chi connectivity index (χ1n) is 6.50. The maximum Gasteiger partial charge on any atom is 0.332 e. The zero-order valence-corrected chi connectivity index (χ0v) is 12.0. The lowest BCUT2D eigenvalue weighted by molar-refractivity contribution is -0.148. The monoisotopic (exact) mass is 293 g/mol. The number of ether oxygens (including phenoxy) is 1. The van der Waals surface area contributed by atoms with Crippen molar-refractivity contribution in [3.63, 3.8) is 0 Å². The summed E-state index contributed by atoms with van der Waals surface area (Å²) in [6, 6.07) is 5.61. The number of carbonyl (C=O) groups excluding carboxylic acids is 3. The van der Waals surface area contributed by atoms with Crippen molar-refractivity contribution in [1.29, 1.82) is 0 Å². The van der Waals surface area contributed by atoms with Crippen LogP contribution in [0, 0.1) is 0 Å². The molecule has 0 spiro atoms. The number of amides is 2. The van der Waals surface area contributed by atoms with E-state index in [4.69, 9.17) is 5.73 Å². The van der Waals surface area contributed by atoms with E-state index in [0.717, 1.165) is 5.56 Å². The molecule has 7 nitrogen and oxygen atoms in total. The summed E-state index contributed by atoms with van der Waals surface area (Å²) in [4.78, 5) is 33.8. The predicted octanol–water partition coefficient (Wildman–Crippen LogP) is 0.152. The molecule has 4 N–H and O–H groups in total. The van der Waals surface area contributed by atoms with Crippen LogP contribution in [0.4, 0.5) is 5.69 Å². The van der Waals surface area contributed by atoms with Crippen LogP contribution in [0.5, 0.6) is 0 Å². The summed E-state index contributed by atoms with van der Waals surface area (Å²) in [5, 5.41) is 5.18. The average molecular weight is 293 g/mol. The standard InChI is InChI=1S/C14H19N3O4/c1-3-21-14(20)12(15)13(19)16-8-10-4-6-11(7-5-10)17-9(2)18/h4-7,12H,3,8,15H2,1-2H3,(H,16,19)(H,17,18). The molecule has 7 heteroatoms. The number of benzene rings is 1. The Morgan fingerprint density at radius 1 is 1.24 bits per heavy atom. The molecule has 0 saturated carbocycles. The van der Waals surface area contributed by atoms with Crippen molar-refractivity contribution in [3.8, 4) is 0 Å². The van der Waals surface area contributed by atoms with Crippen LogP contribution in [0.1, 0.15) is 19.4 Å². The highest BCUT2D eigenvalue weighted by Crippen LogP contribution is 2.09. The maximum absolute atomic E-state index is 11.7. The van der Waals surface area contributed by atoms with Gasteiger partial charge in [-0.2, -0.15) is 0 Å². The lowest BCUT2D eigenvalue weighted by Gasteiger charge is -2.11. The third-order valence-corrected chi connectivity index (χ3v) is 2.56. The van der Waals surface area contributed by atoms with Gasteiger partial charge in [0.15, 0.2) is 6.04 Å². The molecule has 0 saturated heterocycles. The Morgan fingerprint density at radius 3 is 2.38 bits per heavy atom. The van der Waals surface area contributed by atoms with E-state index in [9.17, 15) is 14.4 Å². The zero-order chi connectivity index (χ0) is 15.8. The van der Waals surface area contributed by atoms with Crippen molar-refractivity contribution < 1.29 is 19.1 Å². The molecule has 1 unspecified atom stereocenters. The fraction of sp³-hybridized carbons (Fsp3) is 0.357. The highest BCUT2D eigenvalue weighted by Gasteiger charge is 2.22. The summed E-state index contributed by atoms with van der Waals surface area (Å²) in [6.07, 6.45) is 0. The highest BCUT2D eigenvalue weighted by molar-refractivity contribution is 6.01. The molecule has 0 radical (unpaired) electrons. The SMILES string of the molecule is CCOC(=O)C(N)C(=O)NCc1ccc(NC(C)=O)cc1. The predicted molar refractivity (Wildman–Crippen MR) is 77.2 cm³/mol. The first-order valence-corrected chi connectivity index (χ1v) is 6.50. The molecule has 2 amide bonds. The van der Waals surface area contributed by atoms with Crippen LogP contribution in [-0.4, -0.2) is 30.4 Å². The highest BCUT2D eigenvalue weighted by atomic mass is 16.5. The molecule has 114 valence electrons. The van der Waals surface area contributed by atoms with Crippen LogP contribution < -0.4 is 16.4 Å². The summed E-state index contributed by atoms with van der Waals surface area (Å²) in [5.41, 5.74) is 6.94. The van der Waals surface area contributed by atoms with Gasteiger partial charge >= 0.3 is 5.97 Å². The van der Waals surface area contributed by atoms with E-state index >= 15 is 0 Å². The van der Waals surface area contributed by atoms with E-state index in [-0.39, 0.29) is 19.1 Å². The summed E-state index contributed by atoms with van der Waals surface area (Å²) < 4.78 is 4.66. The summed E-state index contributed by atoms with van der Waals surface area (Å²) >= 11 is 0. The van der Waals surface area contributed by atoms with Crippen molar-refractivity contribution in [1.82, 2.24) is 5.32 Å². The van der Waals surface area contributed by atoms with E-state index in [1.165, 1.54) is 6.92 Å². The lowest BCUT2D eigenvalue weighted by atomic mass is 10.2. The normalized spacial score (nSPS) is 11.4. The van der Waals surface area contributed by atoms with E-state index in [1.807, 2.05) is 0 Å². The van der Waals surface area contributed by atoms with Crippen molar-refractivity contribution in [2.75, 3.05) is 11.9 Å². The van der Waals surface area contributed by atoms with Crippen molar-refractivity contribution in [2.24, 2.45) is 5.73 Å². The Hall–Kier alpha value is -2.41. The van der Waals surface area contributed by atoms with Gasteiger partial charge in [-0.15, -0.1) is 0 Å². The number of hydrogen-bond donors (Lipinski definition) is 3. The third kappa shape index (κ3) is 5.62. The molecule has 0 aliphatic heterocycles. The number of anilines is 1. The number of nitrogens with one attached hydrogen (secondary N) is 2. The Labute approximate surface area is 122 Å². The van der Waals surface area contributed by atoms with Crippen LogP contribution in [0.3, 0.4) is 0 Å². The summed E-state index contributed by atoms with van der Waals surface area (Å²) in [7, 11) is 0. The molecule has 0 heterocycles. The quantitative estimate of drug-likeness (QED) is 0.511. The second-order valence-electron chi connectivity index (χ2n) is 4.33. The molecule has 0 fully saturated rings. The van der Waals surface area contributed by atoms with Gasteiger partial charge in [-0.05, 0) is 24.6 Å². The minimum atomic E-state index is -1.33. The first-order chi connectivity index (χ1) is 9.93. The molecule has 1 aromatic carbocycles. The molecule has 1 aromatic rings. The van der Waals surface area contributed by atoms with Gasteiger partial charge < -0.3 is 21.1 Å². The molecular formula is C14H19N3O4. The molecule has 0 aromatic heterocycles. The molecule has 1 atom stereocenters. The maximum atomic E-state index is 11.7. The van der Waals surface area contributed by atoms with Gasteiger partial charge in [0, 0.05) is 19.2 Å². The summed E-state index contributed by atoms with van der Waals surface area (Å²) in [6.45, 7) is 3.46. The largest absolute Gasteiger partial charge is 0.464 e. The molecule has 0 bridgehead atoms. The minimum absolute atomic E-state index is 0.156. The Bertz CT molecular complexity index is 513. The minimum Gasteiger partial charge on any atom is -0.464 e. The van der Waals surface area contributed by atoms with Crippen molar-refractivity contribution in [3.05, 3.63) is 29.8 Å². The lowest BCUT2D eigenvalue weighted by Crippen LogP contribution is -2.46. The summed E-state index contributed by atoms with van der Waals surface area (Å²) in [5.74, 6) is -1.51. The Kier molecular flexibility index (Phi) is 6.35. The van der Waals surface area contributed by atoms with Gasteiger partial charge in [0.2, 0.25) is 11.8 Å². The van der Waals surface area contributed by atoms with Gasteiger partial charge in [-0.1, -0.05) is 12.1 Å². The molecule has 0 aliphatic carbocycles. The van der Waals surface area contributed by atoms with Crippen molar-refractivity contribution in [2.45, 2.75) is 26.4 Å². The van der Waals surface area contributed by atoms with Crippen LogP contribution in [-0.2, 0) is 25.7 Å². The zero-order valence-electron chi connectivity index (χ0n) is 12.0. The third-order valence-electron chi connectivity index (χ3n) is 2.56. The van der Waals surface area contributed by atoms with E-state index in [1.54, 1.807) is 31.2 Å².